The molecule has 0 aromatic heterocycles. The second-order valence-corrected chi connectivity index (χ2v) is 7.14. The monoisotopic (exact) mass is 454 g/mol. The number of carbonyl (C=O) groups is 1. The molecule has 4 nitrogen and oxygen atoms in total. The number of nitrogens with one attached hydrogen (secondary N) is 2. The van der Waals surface area contributed by atoms with Crippen LogP contribution in [0.25, 0.3) is 0 Å². The highest BCUT2D eigenvalue weighted by molar-refractivity contribution is 14.1. The lowest BCUT2D eigenvalue weighted by Crippen LogP contribution is -2.37. The number of ether oxygens (including phenoxy) is 1. The van der Waals surface area contributed by atoms with Gasteiger partial charge < -0.3 is 10.1 Å². The molecule has 0 unspecified atom stereocenters. The summed E-state index contributed by atoms with van der Waals surface area (Å²) in [6.45, 7) is 4.09. The van der Waals surface area contributed by atoms with Gasteiger partial charge in [-0.25, -0.2) is 0 Å². The Bertz CT molecular complexity index is 717. The van der Waals surface area contributed by atoms with Crippen molar-refractivity contribution in [1.82, 2.24) is 5.32 Å². The topological polar surface area (TPSA) is 50.4 Å². The number of benzene rings is 2. The summed E-state index contributed by atoms with van der Waals surface area (Å²) in [6, 6.07) is 15.4. The molecule has 0 aliphatic rings. The molecule has 2 aromatic carbocycles. The van der Waals surface area contributed by atoms with Gasteiger partial charge in [0.05, 0.1) is 0 Å². The van der Waals surface area contributed by atoms with Crippen LogP contribution in [0.15, 0.2) is 48.5 Å². The highest BCUT2D eigenvalue weighted by atomic mass is 127. The standard InChI is InChI=1S/C18H19IN2O2S/c1-12(2)15-5-3-4-6-16(15)23-11-17(22)21-18(24)20-14-9-7-13(19)8-10-14/h3-10,12H,11H2,1-2H3,(H2,20,21,22,24). The first-order valence-electron chi connectivity index (χ1n) is 7.54. The van der Waals surface area contributed by atoms with Crippen molar-refractivity contribution in [3.63, 3.8) is 0 Å². The van der Waals surface area contributed by atoms with Gasteiger partial charge in [-0.1, -0.05) is 32.0 Å². The van der Waals surface area contributed by atoms with Crippen molar-refractivity contribution in [2.24, 2.45) is 0 Å². The van der Waals surface area contributed by atoms with Gasteiger partial charge >= 0.3 is 0 Å². The van der Waals surface area contributed by atoms with E-state index in [9.17, 15) is 4.79 Å². The van der Waals surface area contributed by atoms with Gasteiger partial charge in [0.25, 0.3) is 5.91 Å². The van der Waals surface area contributed by atoms with Crippen molar-refractivity contribution < 1.29 is 9.53 Å². The molecule has 0 atom stereocenters. The van der Waals surface area contributed by atoms with E-state index in [4.69, 9.17) is 17.0 Å². The number of hydrogen-bond acceptors (Lipinski definition) is 3. The molecule has 0 spiro atoms. The van der Waals surface area contributed by atoms with E-state index in [-0.39, 0.29) is 17.6 Å². The molecular weight excluding hydrogens is 435 g/mol. The first-order chi connectivity index (χ1) is 11.5. The molecule has 126 valence electrons. The van der Waals surface area contributed by atoms with E-state index < -0.39 is 0 Å². The lowest BCUT2D eigenvalue weighted by molar-refractivity contribution is -0.121. The Morgan fingerprint density at radius 2 is 1.83 bits per heavy atom. The Morgan fingerprint density at radius 1 is 1.17 bits per heavy atom. The Hall–Kier alpha value is -1.67. The highest BCUT2D eigenvalue weighted by Gasteiger charge is 2.10. The average molecular weight is 454 g/mol. The molecule has 1 amide bonds. The second-order valence-electron chi connectivity index (χ2n) is 5.49. The predicted molar refractivity (Wildman–Crippen MR) is 110 cm³/mol. The van der Waals surface area contributed by atoms with Crippen LogP contribution in [-0.2, 0) is 4.79 Å². The summed E-state index contributed by atoms with van der Waals surface area (Å²) in [4.78, 5) is 12.0. The zero-order valence-electron chi connectivity index (χ0n) is 13.5. The number of hydrogen-bond donors (Lipinski definition) is 2. The van der Waals surface area contributed by atoms with Crippen LogP contribution in [-0.4, -0.2) is 17.6 Å². The minimum Gasteiger partial charge on any atom is -0.483 e. The average Bonchev–Trinajstić information content (AvgIpc) is 2.55. The zero-order chi connectivity index (χ0) is 17.5. The van der Waals surface area contributed by atoms with Crippen molar-refractivity contribution in [2.75, 3.05) is 11.9 Å². The molecule has 2 rings (SSSR count). The van der Waals surface area contributed by atoms with Gasteiger partial charge in [-0.2, -0.15) is 0 Å². The third kappa shape index (κ3) is 5.76. The summed E-state index contributed by atoms with van der Waals surface area (Å²) in [5.74, 6) is 0.753. The minimum atomic E-state index is -0.295. The first-order valence-corrected chi connectivity index (χ1v) is 9.02. The van der Waals surface area contributed by atoms with E-state index in [0.717, 1.165) is 20.6 Å². The normalized spacial score (nSPS) is 10.3. The molecular formula is C18H19IN2O2S. The van der Waals surface area contributed by atoms with E-state index >= 15 is 0 Å². The molecule has 0 saturated heterocycles. The summed E-state index contributed by atoms with van der Waals surface area (Å²) in [5, 5.41) is 5.84. The fourth-order valence-corrected chi connectivity index (χ4v) is 2.68. The quantitative estimate of drug-likeness (QED) is 0.523. The SMILES string of the molecule is CC(C)c1ccccc1OCC(=O)NC(=S)Nc1ccc(I)cc1. The lowest BCUT2D eigenvalue weighted by Gasteiger charge is -2.14. The van der Waals surface area contributed by atoms with Crippen LogP contribution in [0.4, 0.5) is 5.69 Å². The van der Waals surface area contributed by atoms with E-state index in [1.165, 1.54) is 0 Å². The number of thiocarbonyl (C=S) groups is 1. The molecule has 2 aromatic rings. The number of para-hydroxylation sites is 1. The number of halogens is 1. The summed E-state index contributed by atoms with van der Waals surface area (Å²) >= 11 is 7.37. The summed E-state index contributed by atoms with van der Waals surface area (Å²) in [5.41, 5.74) is 1.90. The largest absolute Gasteiger partial charge is 0.483 e. The smallest absolute Gasteiger partial charge is 0.264 e. The summed E-state index contributed by atoms with van der Waals surface area (Å²) in [7, 11) is 0. The molecule has 2 N–H and O–H groups in total. The van der Waals surface area contributed by atoms with Crippen molar-refractivity contribution in [3.05, 3.63) is 57.7 Å². The van der Waals surface area contributed by atoms with Crippen LogP contribution < -0.4 is 15.4 Å². The van der Waals surface area contributed by atoms with E-state index in [1.807, 2.05) is 48.5 Å². The van der Waals surface area contributed by atoms with Crippen molar-refractivity contribution in [2.45, 2.75) is 19.8 Å². The van der Waals surface area contributed by atoms with Crippen LogP contribution in [0, 0.1) is 3.57 Å². The zero-order valence-corrected chi connectivity index (χ0v) is 16.5. The van der Waals surface area contributed by atoms with Crippen LogP contribution in [0.3, 0.4) is 0 Å². The van der Waals surface area contributed by atoms with Gasteiger partial charge in [0.1, 0.15) is 5.75 Å². The predicted octanol–water partition coefficient (Wildman–Crippen LogP) is 4.31. The molecule has 0 saturated carbocycles. The minimum absolute atomic E-state index is 0.0851. The van der Waals surface area contributed by atoms with E-state index in [1.54, 1.807) is 0 Å². The Kier molecular flexibility index (Phi) is 6.99. The fraction of sp³-hybridized carbons (Fsp3) is 0.222. The third-order valence-corrected chi connectivity index (χ3v) is 4.18. The van der Waals surface area contributed by atoms with Gasteiger partial charge in [-0.3, -0.25) is 10.1 Å². The Labute approximate surface area is 161 Å². The third-order valence-electron chi connectivity index (χ3n) is 3.25. The Balaban J connectivity index is 1.85. The summed E-state index contributed by atoms with van der Waals surface area (Å²) in [6.07, 6.45) is 0. The van der Waals surface area contributed by atoms with E-state index in [0.29, 0.717) is 5.92 Å². The van der Waals surface area contributed by atoms with Crippen LogP contribution in [0.5, 0.6) is 5.75 Å². The molecule has 0 fully saturated rings. The summed E-state index contributed by atoms with van der Waals surface area (Å²) < 4.78 is 6.76. The maximum absolute atomic E-state index is 12.0. The first kappa shape index (κ1) is 18.7. The number of carbonyl (C=O) groups excluding carboxylic acids is 1. The number of amides is 1. The van der Waals surface area contributed by atoms with Gasteiger partial charge in [0, 0.05) is 9.26 Å². The molecule has 0 aliphatic carbocycles. The molecule has 0 heterocycles. The van der Waals surface area contributed by atoms with Crippen LogP contribution in [0.2, 0.25) is 0 Å². The van der Waals surface area contributed by atoms with Gasteiger partial charge in [-0.05, 0) is 76.6 Å². The number of anilines is 1. The fourth-order valence-electron chi connectivity index (χ4n) is 2.09. The van der Waals surface area contributed by atoms with Crippen molar-refractivity contribution in [3.8, 4) is 5.75 Å². The van der Waals surface area contributed by atoms with Gasteiger partial charge in [0.2, 0.25) is 0 Å². The van der Waals surface area contributed by atoms with Crippen molar-refractivity contribution >= 4 is 51.5 Å². The molecule has 24 heavy (non-hydrogen) atoms. The van der Waals surface area contributed by atoms with Crippen LogP contribution >= 0.6 is 34.8 Å². The van der Waals surface area contributed by atoms with E-state index in [2.05, 4.69) is 47.1 Å². The van der Waals surface area contributed by atoms with Gasteiger partial charge in [-0.15, -0.1) is 0 Å². The van der Waals surface area contributed by atoms with Gasteiger partial charge in [0.15, 0.2) is 11.7 Å². The highest BCUT2D eigenvalue weighted by Crippen LogP contribution is 2.25. The maximum Gasteiger partial charge on any atom is 0.264 e. The second kappa shape index (κ2) is 8.98. The molecule has 0 radical (unpaired) electrons. The van der Waals surface area contributed by atoms with Crippen molar-refractivity contribution in [1.29, 1.82) is 0 Å². The maximum atomic E-state index is 12.0. The Morgan fingerprint density at radius 3 is 2.50 bits per heavy atom. The molecule has 0 aliphatic heterocycles. The number of rotatable bonds is 5. The lowest BCUT2D eigenvalue weighted by atomic mass is 10.0. The molecule has 0 bridgehead atoms. The molecule has 6 heteroatoms. The van der Waals surface area contributed by atoms with Crippen LogP contribution in [0.1, 0.15) is 25.3 Å².